The van der Waals surface area contributed by atoms with Crippen molar-refractivity contribution in [1.29, 1.82) is 0 Å². The molecule has 0 saturated heterocycles. The lowest BCUT2D eigenvalue weighted by Crippen LogP contribution is -2.09. The van der Waals surface area contributed by atoms with Gasteiger partial charge in [0.2, 0.25) is 0 Å². The van der Waals surface area contributed by atoms with Crippen molar-refractivity contribution >= 4 is 84.1 Å². The van der Waals surface area contributed by atoms with Gasteiger partial charge in [0, 0.05) is 17.1 Å². The minimum atomic E-state index is 0.924. The summed E-state index contributed by atoms with van der Waals surface area (Å²) >= 11 is 2.49. The zero-order chi connectivity index (χ0) is 33.7. The third-order valence-corrected chi connectivity index (χ3v) is 10.7. The van der Waals surface area contributed by atoms with Crippen LogP contribution < -0.4 is 4.90 Å². The summed E-state index contributed by atoms with van der Waals surface area (Å²) < 4.78 is 17.6. The molecule has 0 fully saturated rings. The molecule has 0 saturated carbocycles. The summed E-state index contributed by atoms with van der Waals surface area (Å²) in [5.74, 6) is 0. The SMILES string of the molecule is c1ccc2cc(-c3ccc4cc(N(c5ccc(-c6ccc7nsnc7c6)cc5)c5ccc(-c6ccc7nsnc7c6)cc5)ccc4c3)ccc2c1. The fraction of sp³-hybridized carbons (Fsp3) is 0. The molecule has 0 bridgehead atoms. The van der Waals surface area contributed by atoms with Gasteiger partial charge in [-0.3, -0.25) is 0 Å². The van der Waals surface area contributed by atoms with E-state index in [0.29, 0.717) is 0 Å². The summed E-state index contributed by atoms with van der Waals surface area (Å²) in [6.07, 6.45) is 0. The first-order chi connectivity index (χ1) is 25.2. The predicted octanol–water partition coefficient (Wildman–Crippen LogP) is 12.5. The highest BCUT2D eigenvalue weighted by molar-refractivity contribution is 7.00. The first-order valence-electron chi connectivity index (χ1n) is 16.7. The van der Waals surface area contributed by atoms with Crippen LogP contribution in [0.5, 0.6) is 0 Å². The van der Waals surface area contributed by atoms with E-state index >= 15 is 0 Å². The van der Waals surface area contributed by atoms with E-state index in [0.717, 1.165) is 61.4 Å². The van der Waals surface area contributed by atoms with Crippen LogP contribution >= 0.6 is 23.5 Å². The molecule has 10 aromatic rings. The first kappa shape index (κ1) is 29.6. The van der Waals surface area contributed by atoms with Crippen LogP contribution in [0.3, 0.4) is 0 Å². The Morgan fingerprint density at radius 1 is 0.294 bits per heavy atom. The van der Waals surface area contributed by atoms with Crippen LogP contribution in [0, 0.1) is 0 Å². The molecule has 0 aliphatic rings. The highest BCUT2D eigenvalue weighted by Gasteiger charge is 2.15. The van der Waals surface area contributed by atoms with Crippen molar-refractivity contribution in [3.63, 3.8) is 0 Å². The lowest BCUT2D eigenvalue weighted by molar-refractivity contribution is 1.29. The Bertz CT molecular complexity index is 2760. The van der Waals surface area contributed by atoms with Gasteiger partial charge in [-0.05, 0) is 128 Å². The van der Waals surface area contributed by atoms with Gasteiger partial charge in [0.15, 0.2) is 0 Å². The summed E-state index contributed by atoms with van der Waals surface area (Å²) in [6, 6.07) is 58.8. The first-order valence-corrected chi connectivity index (χ1v) is 18.2. The van der Waals surface area contributed by atoms with Gasteiger partial charge in [-0.1, -0.05) is 91.0 Å². The average Bonchev–Trinajstić information content (AvgIpc) is 3.87. The van der Waals surface area contributed by atoms with Crippen LogP contribution in [-0.2, 0) is 0 Å². The molecule has 8 aromatic carbocycles. The summed E-state index contributed by atoms with van der Waals surface area (Å²) in [4.78, 5) is 2.32. The molecule has 0 unspecified atom stereocenters. The van der Waals surface area contributed by atoms with E-state index in [1.165, 1.54) is 56.1 Å². The fourth-order valence-corrected chi connectivity index (χ4v) is 7.93. The van der Waals surface area contributed by atoms with Gasteiger partial charge in [-0.15, -0.1) is 0 Å². The Hall–Kier alpha value is -6.28. The summed E-state index contributed by atoms with van der Waals surface area (Å²) in [6.45, 7) is 0. The zero-order valence-corrected chi connectivity index (χ0v) is 28.8. The maximum Gasteiger partial charge on any atom is 0.105 e. The lowest BCUT2D eigenvalue weighted by Gasteiger charge is -2.26. The van der Waals surface area contributed by atoms with Crippen LogP contribution in [0.2, 0.25) is 0 Å². The van der Waals surface area contributed by atoms with Gasteiger partial charge in [0.25, 0.3) is 0 Å². The van der Waals surface area contributed by atoms with Gasteiger partial charge in [0.1, 0.15) is 22.1 Å². The molecule has 240 valence electrons. The largest absolute Gasteiger partial charge is 0.310 e. The smallest absolute Gasteiger partial charge is 0.105 e. The average molecular weight is 690 g/mol. The molecule has 51 heavy (non-hydrogen) atoms. The van der Waals surface area contributed by atoms with Crippen LogP contribution in [-0.4, -0.2) is 17.5 Å². The quantitative estimate of drug-likeness (QED) is 0.174. The second-order valence-corrected chi connectivity index (χ2v) is 13.7. The van der Waals surface area contributed by atoms with E-state index in [4.69, 9.17) is 0 Å². The summed E-state index contributed by atoms with van der Waals surface area (Å²) in [7, 11) is 0. The van der Waals surface area contributed by atoms with Gasteiger partial charge in [0.05, 0.1) is 23.5 Å². The van der Waals surface area contributed by atoms with E-state index in [2.05, 4.69) is 174 Å². The molecule has 0 atom stereocenters. The minimum Gasteiger partial charge on any atom is -0.310 e. The molecule has 10 rings (SSSR count). The summed E-state index contributed by atoms with van der Waals surface area (Å²) in [5, 5.41) is 4.89. The normalized spacial score (nSPS) is 11.5. The molecule has 0 aliphatic heterocycles. The molecule has 2 aromatic heterocycles. The highest BCUT2D eigenvalue weighted by Crippen LogP contribution is 2.39. The van der Waals surface area contributed by atoms with Crippen molar-refractivity contribution in [3.8, 4) is 33.4 Å². The van der Waals surface area contributed by atoms with E-state index in [-0.39, 0.29) is 0 Å². The predicted molar refractivity (Wildman–Crippen MR) is 214 cm³/mol. The molecule has 2 heterocycles. The third-order valence-electron chi connectivity index (χ3n) is 9.59. The van der Waals surface area contributed by atoms with E-state index in [9.17, 15) is 0 Å². The van der Waals surface area contributed by atoms with Gasteiger partial charge in [-0.25, -0.2) is 0 Å². The van der Waals surface area contributed by atoms with Crippen molar-refractivity contribution in [3.05, 3.63) is 164 Å². The topological polar surface area (TPSA) is 54.8 Å². The molecule has 0 spiro atoms. The molecule has 0 N–H and O–H groups in total. The van der Waals surface area contributed by atoms with Crippen LogP contribution in [0.4, 0.5) is 17.1 Å². The second-order valence-electron chi connectivity index (χ2n) is 12.7. The van der Waals surface area contributed by atoms with E-state index in [1.807, 2.05) is 12.1 Å². The number of benzene rings is 8. The Balaban J connectivity index is 1.03. The molecule has 0 radical (unpaired) electrons. The monoisotopic (exact) mass is 689 g/mol. The molecular formula is C44H27N5S2. The third kappa shape index (κ3) is 5.49. The van der Waals surface area contributed by atoms with Gasteiger partial charge >= 0.3 is 0 Å². The van der Waals surface area contributed by atoms with Crippen molar-refractivity contribution < 1.29 is 0 Å². The lowest BCUT2D eigenvalue weighted by atomic mass is 9.98. The maximum atomic E-state index is 4.45. The molecule has 0 amide bonds. The van der Waals surface area contributed by atoms with Crippen molar-refractivity contribution in [1.82, 2.24) is 17.5 Å². The van der Waals surface area contributed by atoms with Crippen molar-refractivity contribution in [2.24, 2.45) is 0 Å². The van der Waals surface area contributed by atoms with Crippen LogP contribution in [0.1, 0.15) is 0 Å². The van der Waals surface area contributed by atoms with Gasteiger partial charge < -0.3 is 4.90 Å². The number of fused-ring (bicyclic) bond motifs is 4. The molecular weight excluding hydrogens is 663 g/mol. The molecule has 7 heteroatoms. The number of rotatable bonds is 6. The number of hydrogen-bond donors (Lipinski definition) is 0. The summed E-state index contributed by atoms with van der Waals surface area (Å²) in [5.41, 5.74) is 13.9. The Morgan fingerprint density at radius 2 is 0.686 bits per heavy atom. The second kappa shape index (κ2) is 12.2. The molecule has 0 aliphatic carbocycles. The van der Waals surface area contributed by atoms with Crippen LogP contribution in [0.25, 0.3) is 77.0 Å². The minimum absolute atomic E-state index is 0.924. The Morgan fingerprint density at radius 3 is 1.27 bits per heavy atom. The number of nitrogens with zero attached hydrogens (tertiary/aromatic N) is 5. The van der Waals surface area contributed by atoms with E-state index < -0.39 is 0 Å². The number of aromatic nitrogens is 4. The number of hydrogen-bond acceptors (Lipinski definition) is 7. The van der Waals surface area contributed by atoms with Crippen molar-refractivity contribution in [2.75, 3.05) is 4.90 Å². The Kier molecular flexibility index (Phi) is 7.11. The van der Waals surface area contributed by atoms with Gasteiger partial charge in [-0.2, -0.15) is 17.5 Å². The highest BCUT2D eigenvalue weighted by atomic mass is 32.1. The number of anilines is 3. The van der Waals surface area contributed by atoms with E-state index in [1.54, 1.807) is 0 Å². The van der Waals surface area contributed by atoms with Crippen LogP contribution in [0.15, 0.2) is 164 Å². The fourth-order valence-electron chi connectivity index (χ4n) is 6.90. The van der Waals surface area contributed by atoms with Crippen molar-refractivity contribution in [2.45, 2.75) is 0 Å². The Labute approximate surface area is 302 Å². The standard InChI is InChI=1S/C44H27N5S2/c1-2-4-31-23-32(6-5-28(31)3-1)33-7-8-35-25-40(20-13-34(35)24-33)49(38-16-9-29(10-17-38)36-14-21-41-43(26-36)47-50-45-41)39-18-11-30(12-19-39)37-15-22-42-44(27-37)48-51-46-42/h1-27H. The zero-order valence-electron chi connectivity index (χ0n) is 27.1. The maximum absolute atomic E-state index is 4.45. The molecule has 5 nitrogen and oxygen atoms in total.